The minimum Gasteiger partial charge on any atom is -0.481 e. The summed E-state index contributed by atoms with van der Waals surface area (Å²) in [5.74, 6) is -1.06. The van der Waals surface area contributed by atoms with Crippen molar-refractivity contribution in [2.24, 2.45) is 11.3 Å². The molecule has 0 unspecified atom stereocenters. The summed E-state index contributed by atoms with van der Waals surface area (Å²) < 4.78 is 38.4. The number of hydrogen-bond donors (Lipinski definition) is 2. The van der Waals surface area contributed by atoms with Crippen molar-refractivity contribution in [2.75, 3.05) is 18.4 Å². The van der Waals surface area contributed by atoms with Gasteiger partial charge in [-0.2, -0.15) is 13.2 Å². The van der Waals surface area contributed by atoms with Gasteiger partial charge in [0.05, 0.1) is 21.7 Å². The zero-order valence-electron chi connectivity index (χ0n) is 13.1. The van der Waals surface area contributed by atoms with Crippen LogP contribution in [0.3, 0.4) is 0 Å². The fourth-order valence-electron chi connectivity index (χ4n) is 3.79. The van der Waals surface area contributed by atoms with Gasteiger partial charge in [-0.1, -0.05) is 18.0 Å². The quantitative estimate of drug-likeness (QED) is 0.817. The van der Waals surface area contributed by atoms with Crippen LogP contribution in [0.15, 0.2) is 18.2 Å². The third-order valence-corrected chi connectivity index (χ3v) is 5.45. The molecule has 1 aliphatic heterocycles. The number of alkyl halides is 3. The third kappa shape index (κ3) is 3.15. The Morgan fingerprint density at radius 1 is 1.36 bits per heavy atom. The number of hydrogen-bond acceptors (Lipinski definition) is 2. The molecule has 2 atom stereocenters. The number of halogens is 4. The molecule has 136 valence electrons. The van der Waals surface area contributed by atoms with E-state index in [1.54, 1.807) is 0 Å². The lowest BCUT2D eigenvalue weighted by Crippen LogP contribution is -2.38. The standard InChI is InChI=1S/C16H16ClF3N2O3/c17-11-4-3-9(16(18,19)20)6-12(11)21-14(25)22-7-10-2-1-5-15(10,8-22)13(23)24/h3-4,6,10H,1-2,5,7-8H2,(H,21,25)(H,23,24)/t10-,15+/m0/s1. The van der Waals surface area contributed by atoms with Gasteiger partial charge in [-0.15, -0.1) is 0 Å². The number of nitrogens with zero attached hydrogens (tertiary/aromatic N) is 1. The highest BCUT2D eigenvalue weighted by Crippen LogP contribution is 2.49. The van der Waals surface area contributed by atoms with Crippen LogP contribution in [-0.2, 0) is 11.0 Å². The molecule has 1 heterocycles. The van der Waals surface area contributed by atoms with Gasteiger partial charge >= 0.3 is 18.2 Å². The number of amides is 2. The van der Waals surface area contributed by atoms with E-state index in [1.807, 2.05) is 0 Å². The van der Waals surface area contributed by atoms with Crippen molar-refractivity contribution in [3.63, 3.8) is 0 Å². The predicted octanol–water partition coefficient (Wildman–Crippen LogP) is 4.08. The largest absolute Gasteiger partial charge is 0.481 e. The Labute approximate surface area is 146 Å². The summed E-state index contributed by atoms with van der Waals surface area (Å²) in [4.78, 5) is 25.4. The average molecular weight is 377 g/mol. The second-order valence-electron chi connectivity index (χ2n) is 6.55. The summed E-state index contributed by atoms with van der Waals surface area (Å²) in [6.07, 6.45) is -2.53. The first-order valence-corrected chi connectivity index (χ1v) is 8.17. The summed E-state index contributed by atoms with van der Waals surface area (Å²) in [5, 5.41) is 11.9. The second-order valence-corrected chi connectivity index (χ2v) is 6.96. The van der Waals surface area contributed by atoms with Crippen LogP contribution in [0.4, 0.5) is 23.7 Å². The van der Waals surface area contributed by atoms with Crippen molar-refractivity contribution in [1.29, 1.82) is 0 Å². The van der Waals surface area contributed by atoms with Gasteiger partial charge in [-0.05, 0) is 37.0 Å². The maximum absolute atomic E-state index is 12.8. The molecule has 2 amide bonds. The first-order valence-electron chi connectivity index (χ1n) is 7.79. The lowest BCUT2D eigenvalue weighted by atomic mass is 9.81. The highest BCUT2D eigenvalue weighted by atomic mass is 35.5. The number of fused-ring (bicyclic) bond motifs is 1. The zero-order chi connectivity index (χ0) is 18.4. The smallest absolute Gasteiger partial charge is 0.416 e. The number of carbonyl (C=O) groups is 2. The molecule has 3 rings (SSSR count). The Hall–Kier alpha value is -1.96. The number of rotatable bonds is 2. The monoisotopic (exact) mass is 376 g/mol. The Morgan fingerprint density at radius 3 is 2.68 bits per heavy atom. The molecular formula is C16H16ClF3N2O3. The maximum atomic E-state index is 12.8. The molecule has 5 nitrogen and oxygen atoms in total. The van der Waals surface area contributed by atoms with E-state index in [-0.39, 0.29) is 29.7 Å². The topological polar surface area (TPSA) is 69.6 Å². The number of anilines is 1. The van der Waals surface area contributed by atoms with Crippen LogP contribution in [0, 0.1) is 11.3 Å². The number of carbonyl (C=O) groups excluding carboxylic acids is 1. The van der Waals surface area contributed by atoms with Gasteiger partial charge in [0.25, 0.3) is 0 Å². The zero-order valence-corrected chi connectivity index (χ0v) is 13.8. The molecule has 2 N–H and O–H groups in total. The molecule has 0 spiro atoms. The van der Waals surface area contributed by atoms with Crippen molar-refractivity contribution in [3.05, 3.63) is 28.8 Å². The van der Waals surface area contributed by atoms with E-state index in [0.29, 0.717) is 6.42 Å². The molecule has 0 aromatic heterocycles. The normalized spacial score (nSPS) is 25.8. The second kappa shape index (κ2) is 6.09. The van der Waals surface area contributed by atoms with Crippen molar-refractivity contribution in [3.8, 4) is 0 Å². The van der Waals surface area contributed by atoms with E-state index in [9.17, 15) is 27.9 Å². The third-order valence-electron chi connectivity index (χ3n) is 5.12. The molecule has 2 fully saturated rings. The summed E-state index contributed by atoms with van der Waals surface area (Å²) in [6.45, 7) is 0.324. The van der Waals surface area contributed by atoms with Crippen molar-refractivity contribution >= 4 is 29.3 Å². The number of nitrogens with one attached hydrogen (secondary N) is 1. The SMILES string of the molecule is O=C(Nc1cc(C(F)(F)F)ccc1Cl)N1C[C@@H]2CCC[C@@]2(C(=O)O)C1. The number of carboxylic acid groups (broad SMARTS) is 1. The van der Waals surface area contributed by atoms with Crippen LogP contribution in [0.2, 0.25) is 5.02 Å². The lowest BCUT2D eigenvalue weighted by Gasteiger charge is -2.23. The molecule has 0 bridgehead atoms. The lowest BCUT2D eigenvalue weighted by molar-refractivity contribution is -0.149. The maximum Gasteiger partial charge on any atom is 0.416 e. The van der Waals surface area contributed by atoms with Gasteiger partial charge in [-0.3, -0.25) is 4.79 Å². The molecule has 1 saturated heterocycles. The minimum absolute atomic E-state index is 0.0197. The minimum atomic E-state index is -4.55. The Morgan fingerprint density at radius 2 is 2.08 bits per heavy atom. The number of carboxylic acids is 1. The molecule has 2 aliphatic rings. The average Bonchev–Trinajstić information content (AvgIpc) is 3.06. The molecular weight excluding hydrogens is 361 g/mol. The van der Waals surface area contributed by atoms with E-state index >= 15 is 0 Å². The van der Waals surface area contributed by atoms with E-state index < -0.39 is 29.2 Å². The van der Waals surface area contributed by atoms with Gasteiger partial charge in [0.15, 0.2) is 0 Å². The summed E-state index contributed by atoms with van der Waals surface area (Å²) in [6, 6.07) is 2.02. The summed E-state index contributed by atoms with van der Waals surface area (Å²) in [7, 11) is 0. The molecule has 1 aliphatic carbocycles. The van der Waals surface area contributed by atoms with Crippen LogP contribution in [0.1, 0.15) is 24.8 Å². The van der Waals surface area contributed by atoms with Crippen LogP contribution < -0.4 is 5.32 Å². The fourth-order valence-corrected chi connectivity index (χ4v) is 3.95. The Kier molecular flexibility index (Phi) is 4.35. The molecule has 1 aromatic rings. The number of aliphatic carboxylic acids is 1. The summed E-state index contributed by atoms with van der Waals surface area (Å²) in [5.41, 5.74) is -2.02. The Balaban J connectivity index is 1.77. The van der Waals surface area contributed by atoms with Gasteiger partial charge in [0.1, 0.15) is 0 Å². The molecule has 0 radical (unpaired) electrons. The van der Waals surface area contributed by atoms with Crippen molar-refractivity contribution in [2.45, 2.75) is 25.4 Å². The van der Waals surface area contributed by atoms with E-state index in [4.69, 9.17) is 11.6 Å². The van der Waals surface area contributed by atoms with E-state index in [1.165, 1.54) is 4.90 Å². The number of likely N-dealkylation sites (tertiary alicyclic amines) is 1. The first-order chi connectivity index (χ1) is 11.6. The first kappa shape index (κ1) is 17.8. The van der Waals surface area contributed by atoms with Gasteiger partial charge in [0.2, 0.25) is 0 Å². The molecule has 1 saturated carbocycles. The van der Waals surface area contributed by atoms with Crippen LogP contribution >= 0.6 is 11.6 Å². The van der Waals surface area contributed by atoms with Crippen LogP contribution in [0.5, 0.6) is 0 Å². The van der Waals surface area contributed by atoms with Crippen molar-refractivity contribution in [1.82, 2.24) is 4.90 Å². The predicted molar refractivity (Wildman–Crippen MR) is 84.5 cm³/mol. The van der Waals surface area contributed by atoms with Gasteiger partial charge in [0, 0.05) is 13.1 Å². The summed E-state index contributed by atoms with van der Waals surface area (Å²) >= 11 is 5.88. The number of benzene rings is 1. The Bertz CT molecular complexity index is 725. The molecule has 1 aromatic carbocycles. The number of urea groups is 1. The van der Waals surface area contributed by atoms with E-state index in [2.05, 4.69) is 5.32 Å². The van der Waals surface area contributed by atoms with Crippen LogP contribution in [-0.4, -0.2) is 35.1 Å². The van der Waals surface area contributed by atoms with Gasteiger partial charge < -0.3 is 15.3 Å². The molecule has 9 heteroatoms. The highest BCUT2D eigenvalue weighted by Gasteiger charge is 2.55. The fraction of sp³-hybridized carbons (Fsp3) is 0.500. The van der Waals surface area contributed by atoms with Gasteiger partial charge in [-0.25, -0.2) is 4.79 Å². The van der Waals surface area contributed by atoms with Crippen LogP contribution in [0.25, 0.3) is 0 Å². The highest BCUT2D eigenvalue weighted by molar-refractivity contribution is 6.33. The molecule has 25 heavy (non-hydrogen) atoms. The van der Waals surface area contributed by atoms with E-state index in [0.717, 1.165) is 31.0 Å². The van der Waals surface area contributed by atoms with Crippen molar-refractivity contribution < 1.29 is 27.9 Å².